The first-order valence-electron chi connectivity index (χ1n) is 10.6. The van der Waals surface area contributed by atoms with Crippen LogP contribution in [0, 0.1) is 5.92 Å². The van der Waals surface area contributed by atoms with Crippen molar-refractivity contribution in [3.05, 3.63) is 96.1 Å². The number of nitrogens with one attached hydrogen (secondary N) is 1. The van der Waals surface area contributed by atoms with Gasteiger partial charge in [0.25, 0.3) is 5.91 Å². The fourth-order valence-corrected chi connectivity index (χ4v) is 3.89. The molecule has 1 fully saturated rings. The van der Waals surface area contributed by atoms with Crippen molar-refractivity contribution in [2.24, 2.45) is 5.92 Å². The first-order chi connectivity index (χ1) is 15.5. The summed E-state index contributed by atoms with van der Waals surface area (Å²) in [6.45, 7) is 0.782. The lowest BCUT2D eigenvalue weighted by molar-refractivity contribution is -0.122. The van der Waals surface area contributed by atoms with Crippen LogP contribution in [0.3, 0.4) is 0 Å². The van der Waals surface area contributed by atoms with E-state index in [0.29, 0.717) is 24.3 Å². The number of para-hydroxylation sites is 2. The lowest BCUT2D eigenvalue weighted by atomic mass is 10.1. The summed E-state index contributed by atoms with van der Waals surface area (Å²) < 4.78 is 0. The van der Waals surface area contributed by atoms with Crippen LogP contribution in [0.2, 0.25) is 0 Å². The average Bonchev–Trinajstić information content (AvgIpc) is 3.22. The molecule has 1 aliphatic heterocycles. The highest BCUT2D eigenvalue weighted by molar-refractivity contribution is 6.07. The number of anilines is 2. The average molecular weight is 428 g/mol. The topological polar surface area (TPSA) is 69.7 Å². The van der Waals surface area contributed by atoms with Crippen molar-refractivity contribution in [2.75, 3.05) is 23.8 Å². The number of nitrogens with zero attached hydrogens (tertiary/aromatic N) is 2. The molecule has 0 bridgehead atoms. The summed E-state index contributed by atoms with van der Waals surface area (Å²) >= 11 is 0. The van der Waals surface area contributed by atoms with E-state index >= 15 is 0 Å². The van der Waals surface area contributed by atoms with E-state index in [2.05, 4.69) is 5.32 Å². The highest BCUT2D eigenvalue weighted by atomic mass is 16.2. The van der Waals surface area contributed by atoms with Crippen molar-refractivity contribution in [1.82, 2.24) is 4.90 Å². The van der Waals surface area contributed by atoms with Gasteiger partial charge in [0.2, 0.25) is 11.8 Å². The maximum Gasteiger partial charge on any atom is 0.256 e. The Morgan fingerprint density at radius 3 is 2.28 bits per heavy atom. The van der Waals surface area contributed by atoms with E-state index in [1.54, 1.807) is 41.1 Å². The molecule has 1 atom stereocenters. The van der Waals surface area contributed by atoms with Gasteiger partial charge in [-0.25, -0.2) is 0 Å². The number of carbonyl (C=O) groups excluding carboxylic acids is 3. The molecule has 0 saturated carbocycles. The van der Waals surface area contributed by atoms with Gasteiger partial charge in [-0.1, -0.05) is 60.7 Å². The van der Waals surface area contributed by atoms with Crippen LogP contribution in [0.15, 0.2) is 84.9 Å². The Balaban J connectivity index is 1.45. The summed E-state index contributed by atoms with van der Waals surface area (Å²) in [7, 11) is 1.74. The second kappa shape index (κ2) is 9.47. The van der Waals surface area contributed by atoms with E-state index in [1.165, 1.54) is 0 Å². The summed E-state index contributed by atoms with van der Waals surface area (Å²) in [6, 6.07) is 26.0. The van der Waals surface area contributed by atoms with Crippen LogP contribution in [0.1, 0.15) is 22.3 Å². The van der Waals surface area contributed by atoms with Gasteiger partial charge >= 0.3 is 0 Å². The molecule has 0 aliphatic carbocycles. The molecule has 0 spiro atoms. The Kier molecular flexibility index (Phi) is 6.31. The zero-order chi connectivity index (χ0) is 22.5. The number of benzene rings is 3. The molecule has 6 heteroatoms. The van der Waals surface area contributed by atoms with Crippen LogP contribution in [0.5, 0.6) is 0 Å². The van der Waals surface area contributed by atoms with Gasteiger partial charge in [-0.3, -0.25) is 14.4 Å². The van der Waals surface area contributed by atoms with E-state index in [9.17, 15) is 14.4 Å². The zero-order valence-electron chi connectivity index (χ0n) is 17.9. The lowest BCUT2D eigenvalue weighted by Gasteiger charge is -2.20. The molecule has 1 N–H and O–H groups in total. The Morgan fingerprint density at radius 2 is 1.56 bits per heavy atom. The standard InChI is InChI=1S/C26H25N3O3/c1-28(17-19-10-4-2-5-11-19)26(32)22-14-8-9-15-23(22)27-25(31)20-16-24(30)29(18-20)21-12-6-3-7-13-21/h2-15,20H,16-18H2,1H3,(H,27,31). The van der Waals surface area contributed by atoms with Crippen LogP contribution in [0.25, 0.3) is 0 Å². The third kappa shape index (κ3) is 4.70. The van der Waals surface area contributed by atoms with Gasteiger partial charge in [-0.15, -0.1) is 0 Å². The minimum atomic E-state index is -0.479. The molecule has 6 nitrogen and oxygen atoms in total. The largest absolute Gasteiger partial charge is 0.337 e. The molecular formula is C26H25N3O3. The van der Waals surface area contributed by atoms with Crippen molar-refractivity contribution in [3.63, 3.8) is 0 Å². The number of carbonyl (C=O) groups is 3. The summed E-state index contributed by atoms with van der Waals surface area (Å²) in [6.07, 6.45) is 0.144. The van der Waals surface area contributed by atoms with Crippen molar-refractivity contribution in [3.8, 4) is 0 Å². The molecule has 0 radical (unpaired) electrons. The Hall–Kier alpha value is -3.93. The number of rotatable bonds is 6. The molecule has 1 heterocycles. The van der Waals surface area contributed by atoms with Crippen molar-refractivity contribution >= 4 is 29.1 Å². The van der Waals surface area contributed by atoms with Crippen molar-refractivity contribution in [2.45, 2.75) is 13.0 Å². The first-order valence-corrected chi connectivity index (χ1v) is 10.6. The Morgan fingerprint density at radius 1 is 0.938 bits per heavy atom. The van der Waals surface area contributed by atoms with Crippen LogP contribution < -0.4 is 10.2 Å². The van der Waals surface area contributed by atoms with Gasteiger partial charge in [0.15, 0.2) is 0 Å². The van der Waals surface area contributed by atoms with Gasteiger partial charge in [0.1, 0.15) is 0 Å². The van der Waals surface area contributed by atoms with E-state index in [-0.39, 0.29) is 24.1 Å². The maximum absolute atomic E-state index is 13.1. The van der Waals surface area contributed by atoms with Crippen molar-refractivity contribution < 1.29 is 14.4 Å². The van der Waals surface area contributed by atoms with E-state index in [4.69, 9.17) is 0 Å². The number of amides is 3. The molecule has 0 aromatic heterocycles. The number of hydrogen-bond acceptors (Lipinski definition) is 3. The molecule has 1 unspecified atom stereocenters. The van der Waals surface area contributed by atoms with Gasteiger partial charge < -0.3 is 15.1 Å². The molecule has 32 heavy (non-hydrogen) atoms. The summed E-state index contributed by atoms with van der Waals surface area (Å²) in [5, 5.41) is 2.88. The summed E-state index contributed by atoms with van der Waals surface area (Å²) in [4.78, 5) is 41.8. The molecule has 3 amide bonds. The SMILES string of the molecule is CN(Cc1ccccc1)C(=O)c1ccccc1NC(=O)C1CC(=O)N(c2ccccc2)C1. The van der Waals surface area contributed by atoms with Gasteiger partial charge in [-0.2, -0.15) is 0 Å². The van der Waals surface area contributed by atoms with Crippen LogP contribution in [-0.4, -0.2) is 36.2 Å². The van der Waals surface area contributed by atoms with E-state index in [0.717, 1.165) is 11.3 Å². The second-order valence-corrected chi connectivity index (χ2v) is 7.92. The summed E-state index contributed by atoms with van der Waals surface area (Å²) in [5.74, 6) is -1.00. The maximum atomic E-state index is 13.1. The molecule has 1 saturated heterocycles. The highest BCUT2D eigenvalue weighted by Crippen LogP contribution is 2.26. The van der Waals surface area contributed by atoms with Crippen LogP contribution in [-0.2, 0) is 16.1 Å². The first kappa shape index (κ1) is 21.3. The normalized spacial score (nSPS) is 15.5. The third-order valence-corrected chi connectivity index (χ3v) is 5.59. The fourth-order valence-electron chi connectivity index (χ4n) is 3.89. The molecule has 162 valence electrons. The monoisotopic (exact) mass is 427 g/mol. The molecule has 1 aliphatic rings. The quantitative estimate of drug-likeness (QED) is 0.648. The molecular weight excluding hydrogens is 402 g/mol. The lowest BCUT2D eigenvalue weighted by Crippen LogP contribution is -2.30. The predicted octanol–water partition coefficient (Wildman–Crippen LogP) is 3.95. The minimum absolute atomic E-state index is 0.0803. The minimum Gasteiger partial charge on any atom is -0.337 e. The summed E-state index contributed by atoms with van der Waals surface area (Å²) in [5.41, 5.74) is 2.68. The van der Waals surface area contributed by atoms with E-state index in [1.807, 2.05) is 60.7 Å². The Labute approximate surface area is 187 Å². The Bertz CT molecular complexity index is 1120. The smallest absolute Gasteiger partial charge is 0.256 e. The zero-order valence-corrected chi connectivity index (χ0v) is 17.9. The molecule has 3 aromatic carbocycles. The predicted molar refractivity (Wildman–Crippen MR) is 124 cm³/mol. The fraction of sp³-hybridized carbons (Fsp3) is 0.192. The van der Waals surface area contributed by atoms with Crippen LogP contribution >= 0.6 is 0 Å². The third-order valence-electron chi connectivity index (χ3n) is 5.59. The van der Waals surface area contributed by atoms with Crippen LogP contribution in [0.4, 0.5) is 11.4 Å². The molecule has 3 aromatic rings. The number of hydrogen-bond donors (Lipinski definition) is 1. The highest BCUT2D eigenvalue weighted by Gasteiger charge is 2.35. The van der Waals surface area contributed by atoms with Gasteiger partial charge in [0.05, 0.1) is 17.2 Å². The molecule has 4 rings (SSSR count). The second-order valence-electron chi connectivity index (χ2n) is 7.92. The van der Waals surface area contributed by atoms with Crippen molar-refractivity contribution in [1.29, 1.82) is 0 Å². The van der Waals surface area contributed by atoms with Gasteiger partial charge in [-0.05, 0) is 29.8 Å². The van der Waals surface area contributed by atoms with E-state index < -0.39 is 5.92 Å². The van der Waals surface area contributed by atoms with Gasteiger partial charge in [0, 0.05) is 32.2 Å².